The lowest BCUT2D eigenvalue weighted by Gasteiger charge is -2.38. The Morgan fingerprint density at radius 1 is 1.10 bits per heavy atom. The summed E-state index contributed by atoms with van der Waals surface area (Å²) in [7, 11) is 0. The summed E-state index contributed by atoms with van der Waals surface area (Å²) in [5.41, 5.74) is 2.13. The maximum absolute atomic E-state index is 13.2. The Hall–Kier alpha value is -2.67. The average Bonchev–Trinajstić information content (AvgIpc) is 3.22. The summed E-state index contributed by atoms with van der Waals surface area (Å²) in [6.07, 6.45) is 5.60. The van der Waals surface area contributed by atoms with Crippen molar-refractivity contribution in [3.8, 4) is 0 Å². The summed E-state index contributed by atoms with van der Waals surface area (Å²) in [5.74, 6) is -0.304. The van der Waals surface area contributed by atoms with Gasteiger partial charge in [-0.15, -0.1) is 0 Å². The minimum atomic E-state index is -0.266. The molecule has 2 amide bonds. The number of halogens is 1. The van der Waals surface area contributed by atoms with E-state index < -0.39 is 0 Å². The molecule has 2 atom stereocenters. The molecule has 30 heavy (non-hydrogen) atoms. The Morgan fingerprint density at radius 3 is 2.60 bits per heavy atom. The molecule has 1 aromatic carbocycles. The SMILES string of the molecule is Cc1cnc(C(=O)N[C@@H]2CCC[C@@H]2C(=O)N2CCN(c3cccc(Cl)c3)CC2)cn1. The Morgan fingerprint density at radius 2 is 1.90 bits per heavy atom. The van der Waals surface area contributed by atoms with Gasteiger partial charge in [-0.05, 0) is 38.0 Å². The molecule has 158 valence electrons. The van der Waals surface area contributed by atoms with Crippen molar-refractivity contribution in [2.45, 2.75) is 32.2 Å². The molecule has 8 heteroatoms. The molecular weight excluding hydrogens is 402 g/mol. The zero-order chi connectivity index (χ0) is 21.1. The first kappa shape index (κ1) is 20.6. The van der Waals surface area contributed by atoms with Crippen molar-refractivity contribution in [3.05, 3.63) is 53.1 Å². The molecule has 1 saturated heterocycles. The van der Waals surface area contributed by atoms with Gasteiger partial charge in [0.1, 0.15) is 5.69 Å². The van der Waals surface area contributed by atoms with Gasteiger partial charge < -0.3 is 15.1 Å². The number of rotatable bonds is 4. The molecule has 0 spiro atoms. The van der Waals surface area contributed by atoms with Gasteiger partial charge in [0.25, 0.3) is 5.91 Å². The van der Waals surface area contributed by atoms with Crippen LogP contribution in [0.5, 0.6) is 0 Å². The van der Waals surface area contributed by atoms with Gasteiger partial charge in [-0.3, -0.25) is 14.6 Å². The fourth-order valence-electron chi connectivity index (χ4n) is 4.27. The monoisotopic (exact) mass is 427 g/mol. The van der Waals surface area contributed by atoms with Crippen molar-refractivity contribution in [2.24, 2.45) is 5.92 Å². The van der Waals surface area contributed by atoms with Crippen LogP contribution in [-0.4, -0.2) is 58.9 Å². The van der Waals surface area contributed by atoms with Crippen molar-refractivity contribution < 1.29 is 9.59 Å². The number of carbonyl (C=O) groups is 2. The van der Waals surface area contributed by atoms with Gasteiger partial charge in [-0.2, -0.15) is 0 Å². The zero-order valence-corrected chi connectivity index (χ0v) is 17.8. The third kappa shape index (κ3) is 4.56. The van der Waals surface area contributed by atoms with E-state index in [-0.39, 0.29) is 29.5 Å². The van der Waals surface area contributed by atoms with Gasteiger partial charge >= 0.3 is 0 Å². The molecule has 1 aromatic heterocycles. The van der Waals surface area contributed by atoms with Crippen LogP contribution in [-0.2, 0) is 4.79 Å². The Kier molecular flexibility index (Phi) is 6.18. The highest BCUT2D eigenvalue weighted by Gasteiger charge is 2.37. The number of piperazine rings is 1. The summed E-state index contributed by atoms with van der Waals surface area (Å²) in [5, 5.41) is 3.73. The molecule has 1 aliphatic carbocycles. The molecule has 2 aliphatic rings. The lowest BCUT2D eigenvalue weighted by atomic mass is 10.0. The number of benzene rings is 1. The first-order valence-corrected chi connectivity index (χ1v) is 10.8. The normalized spacial score (nSPS) is 21.5. The second kappa shape index (κ2) is 9.00. The van der Waals surface area contributed by atoms with Crippen LogP contribution in [0.2, 0.25) is 5.02 Å². The Labute approximate surface area is 181 Å². The van der Waals surface area contributed by atoms with Crippen LogP contribution in [0.15, 0.2) is 36.7 Å². The van der Waals surface area contributed by atoms with E-state index in [4.69, 9.17) is 11.6 Å². The molecule has 1 N–H and O–H groups in total. The van der Waals surface area contributed by atoms with Crippen molar-refractivity contribution >= 4 is 29.1 Å². The molecular formula is C22H26ClN5O2. The van der Waals surface area contributed by atoms with Crippen LogP contribution in [0.25, 0.3) is 0 Å². The van der Waals surface area contributed by atoms with Crippen LogP contribution < -0.4 is 10.2 Å². The number of nitrogens with one attached hydrogen (secondary N) is 1. The van der Waals surface area contributed by atoms with E-state index in [1.165, 1.54) is 6.20 Å². The minimum absolute atomic E-state index is 0.138. The van der Waals surface area contributed by atoms with Crippen LogP contribution >= 0.6 is 11.6 Å². The highest BCUT2D eigenvalue weighted by molar-refractivity contribution is 6.30. The molecule has 7 nitrogen and oxygen atoms in total. The van der Waals surface area contributed by atoms with Gasteiger partial charge in [0.2, 0.25) is 5.91 Å². The quantitative estimate of drug-likeness (QED) is 0.811. The number of carbonyl (C=O) groups excluding carboxylic acids is 2. The topological polar surface area (TPSA) is 78.4 Å². The van der Waals surface area contributed by atoms with Crippen LogP contribution in [0.1, 0.15) is 35.4 Å². The van der Waals surface area contributed by atoms with Gasteiger partial charge in [0, 0.05) is 49.1 Å². The standard InChI is InChI=1S/C22H26ClN5O2/c1-15-13-25-20(14-24-15)21(29)26-19-7-3-6-18(19)22(30)28-10-8-27(9-11-28)17-5-2-4-16(23)12-17/h2,4-5,12-14,18-19H,3,6-11H2,1H3,(H,26,29)/t18-,19+/m0/s1. The molecule has 0 unspecified atom stereocenters. The summed E-state index contributed by atoms with van der Waals surface area (Å²) >= 11 is 6.10. The third-order valence-corrected chi connectivity index (χ3v) is 6.16. The number of amides is 2. The summed E-state index contributed by atoms with van der Waals surface area (Å²) in [6, 6.07) is 7.65. The largest absolute Gasteiger partial charge is 0.368 e. The van der Waals surface area contributed by atoms with Crippen molar-refractivity contribution in [3.63, 3.8) is 0 Å². The summed E-state index contributed by atoms with van der Waals surface area (Å²) in [4.78, 5) is 38.2. The van der Waals surface area contributed by atoms with Crippen molar-refractivity contribution in [2.75, 3.05) is 31.1 Å². The summed E-state index contributed by atoms with van der Waals surface area (Å²) < 4.78 is 0. The van der Waals surface area contributed by atoms with Gasteiger partial charge in [-0.1, -0.05) is 24.1 Å². The number of hydrogen-bond donors (Lipinski definition) is 1. The second-order valence-corrected chi connectivity index (χ2v) is 8.39. The Bertz CT molecular complexity index is 912. The number of nitrogens with zero attached hydrogens (tertiary/aromatic N) is 4. The number of aromatic nitrogens is 2. The number of aryl methyl sites for hydroxylation is 1. The van der Waals surface area contributed by atoms with Crippen LogP contribution in [0, 0.1) is 12.8 Å². The fraction of sp³-hybridized carbons (Fsp3) is 0.455. The molecule has 2 aromatic rings. The van der Waals surface area contributed by atoms with Crippen LogP contribution in [0.4, 0.5) is 5.69 Å². The molecule has 1 saturated carbocycles. The minimum Gasteiger partial charge on any atom is -0.368 e. The number of anilines is 1. The third-order valence-electron chi connectivity index (χ3n) is 5.93. The molecule has 4 rings (SSSR count). The zero-order valence-electron chi connectivity index (χ0n) is 17.1. The highest BCUT2D eigenvalue weighted by atomic mass is 35.5. The molecule has 2 fully saturated rings. The van der Waals surface area contributed by atoms with Gasteiger partial charge in [-0.25, -0.2) is 4.98 Å². The van der Waals surface area contributed by atoms with E-state index in [1.807, 2.05) is 36.1 Å². The highest BCUT2D eigenvalue weighted by Crippen LogP contribution is 2.29. The molecule has 0 radical (unpaired) electrons. The predicted molar refractivity (Wildman–Crippen MR) is 116 cm³/mol. The fourth-order valence-corrected chi connectivity index (χ4v) is 4.46. The smallest absolute Gasteiger partial charge is 0.271 e. The van der Waals surface area contributed by atoms with E-state index in [0.29, 0.717) is 18.1 Å². The van der Waals surface area contributed by atoms with Crippen molar-refractivity contribution in [1.82, 2.24) is 20.2 Å². The molecule has 1 aliphatic heterocycles. The van der Waals surface area contributed by atoms with E-state index in [9.17, 15) is 9.59 Å². The van der Waals surface area contributed by atoms with Crippen LogP contribution in [0.3, 0.4) is 0 Å². The molecule has 2 heterocycles. The van der Waals surface area contributed by atoms with E-state index in [2.05, 4.69) is 20.2 Å². The number of hydrogen-bond acceptors (Lipinski definition) is 5. The van der Waals surface area contributed by atoms with Crippen molar-refractivity contribution in [1.29, 1.82) is 0 Å². The maximum atomic E-state index is 13.2. The average molecular weight is 428 g/mol. The lowest BCUT2D eigenvalue weighted by molar-refractivity contribution is -0.136. The molecule has 0 bridgehead atoms. The van der Waals surface area contributed by atoms with Gasteiger partial charge in [0.15, 0.2) is 0 Å². The maximum Gasteiger partial charge on any atom is 0.271 e. The Balaban J connectivity index is 1.34. The predicted octanol–water partition coefficient (Wildman–Crippen LogP) is 2.69. The van der Waals surface area contributed by atoms with E-state index in [1.54, 1.807) is 6.20 Å². The second-order valence-electron chi connectivity index (χ2n) is 7.95. The van der Waals surface area contributed by atoms with E-state index >= 15 is 0 Å². The lowest BCUT2D eigenvalue weighted by Crippen LogP contribution is -2.53. The first-order valence-electron chi connectivity index (χ1n) is 10.4. The van der Waals surface area contributed by atoms with E-state index in [0.717, 1.165) is 43.7 Å². The first-order chi connectivity index (χ1) is 14.5. The van der Waals surface area contributed by atoms with Gasteiger partial charge in [0.05, 0.1) is 17.8 Å². The summed E-state index contributed by atoms with van der Waals surface area (Å²) in [6.45, 7) is 4.72.